The average molecular weight is 272 g/mol. The van der Waals surface area contributed by atoms with Gasteiger partial charge in [-0.05, 0) is 31.7 Å². The Morgan fingerprint density at radius 2 is 2.06 bits per heavy atom. The molecule has 1 fully saturated rings. The highest BCUT2D eigenvalue weighted by Gasteiger charge is 2.18. The first-order valence-electron chi connectivity index (χ1n) is 6.72. The van der Waals surface area contributed by atoms with Crippen LogP contribution >= 0.6 is 22.9 Å². The molecule has 1 atom stereocenters. The van der Waals surface area contributed by atoms with Crippen molar-refractivity contribution in [1.82, 2.24) is 5.32 Å². The summed E-state index contributed by atoms with van der Waals surface area (Å²) < 4.78 is 0. The number of hydrogen-bond donors (Lipinski definition) is 1. The van der Waals surface area contributed by atoms with Gasteiger partial charge in [0.2, 0.25) is 0 Å². The van der Waals surface area contributed by atoms with E-state index in [1.54, 1.807) is 11.3 Å². The quantitative estimate of drug-likeness (QED) is 0.772. The molecule has 1 aromatic rings. The molecular weight excluding hydrogens is 250 g/mol. The van der Waals surface area contributed by atoms with E-state index in [9.17, 15) is 0 Å². The molecule has 0 spiro atoms. The fourth-order valence-electron chi connectivity index (χ4n) is 2.69. The van der Waals surface area contributed by atoms with Crippen LogP contribution in [-0.4, -0.2) is 6.04 Å². The van der Waals surface area contributed by atoms with Gasteiger partial charge in [0.05, 0.1) is 5.02 Å². The van der Waals surface area contributed by atoms with Crippen molar-refractivity contribution in [3.63, 3.8) is 0 Å². The third-order valence-electron chi connectivity index (χ3n) is 3.83. The van der Waals surface area contributed by atoms with Gasteiger partial charge < -0.3 is 5.32 Å². The Balaban J connectivity index is 1.77. The maximum absolute atomic E-state index is 5.93. The maximum Gasteiger partial charge on any atom is 0.0516 e. The normalized spacial score (nSPS) is 20.1. The molecule has 1 nitrogen and oxygen atoms in total. The lowest BCUT2D eigenvalue weighted by molar-refractivity contribution is 0.337. The molecule has 0 aromatic carbocycles. The average Bonchev–Trinajstić information content (AvgIpc) is 2.58. The van der Waals surface area contributed by atoms with Gasteiger partial charge in [0, 0.05) is 22.8 Å². The molecular formula is C14H22ClNS. The van der Waals surface area contributed by atoms with Crippen LogP contribution in [0, 0.1) is 5.92 Å². The smallest absolute Gasteiger partial charge is 0.0516 e. The van der Waals surface area contributed by atoms with E-state index in [2.05, 4.69) is 18.3 Å². The summed E-state index contributed by atoms with van der Waals surface area (Å²) in [6.45, 7) is 3.31. The third kappa shape index (κ3) is 4.27. The second kappa shape index (κ2) is 6.77. The van der Waals surface area contributed by atoms with Crippen LogP contribution < -0.4 is 5.32 Å². The van der Waals surface area contributed by atoms with E-state index in [4.69, 9.17) is 11.6 Å². The molecule has 0 bridgehead atoms. The predicted octanol–water partition coefficient (Wildman–Crippen LogP) is 4.85. The minimum absolute atomic E-state index is 0.633. The van der Waals surface area contributed by atoms with Gasteiger partial charge in [0.1, 0.15) is 0 Å². The monoisotopic (exact) mass is 271 g/mol. The molecule has 17 heavy (non-hydrogen) atoms. The molecule has 1 aromatic heterocycles. The summed E-state index contributed by atoms with van der Waals surface area (Å²) in [4.78, 5) is 1.34. The van der Waals surface area contributed by atoms with Crippen LogP contribution in [0.3, 0.4) is 0 Å². The van der Waals surface area contributed by atoms with Crippen molar-refractivity contribution < 1.29 is 0 Å². The standard InChI is InChI=1S/C14H22ClNS/c1-11(12-6-4-2-3-5-7-12)16-9-14-8-13(15)10-17-14/h8,10-12,16H,2-7,9H2,1H3/t11-/m0/s1. The first-order chi connectivity index (χ1) is 8.25. The summed E-state index contributed by atoms with van der Waals surface area (Å²) in [5.41, 5.74) is 0. The van der Waals surface area contributed by atoms with E-state index in [-0.39, 0.29) is 0 Å². The molecule has 1 aliphatic carbocycles. The molecule has 0 radical (unpaired) electrons. The number of halogens is 1. The Bertz CT molecular complexity index is 329. The van der Waals surface area contributed by atoms with Gasteiger partial charge in [0.25, 0.3) is 0 Å². The highest BCUT2D eigenvalue weighted by molar-refractivity contribution is 7.10. The zero-order valence-electron chi connectivity index (χ0n) is 10.5. The van der Waals surface area contributed by atoms with Crippen molar-refractivity contribution in [2.24, 2.45) is 5.92 Å². The molecule has 0 unspecified atom stereocenters. The summed E-state index contributed by atoms with van der Waals surface area (Å²) in [6.07, 6.45) is 8.51. The molecule has 2 rings (SSSR count). The topological polar surface area (TPSA) is 12.0 Å². The molecule has 0 saturated heterocycles. The van der Waals surface area contributed by atoms with Gasteiger partial charge in [0.15, 0.2) is 0 Å². The zero-order chi connectivity index (χ0) is 12.1. The summed E-state index contributed by atoms with van der Waals surface area (Å²) in [5.74, 6) is 0.868. The van der Waals surface area contributed by atoms with Gasteiger partial charge in [-0.25, -0.2) is 0 Å². The van der Waals surface area contributed by atoms with E-state index in [0.29, 0.717) is 6.04 Å². The van der Waals surface area contributed by atoms with Crippen molar-refractivity contribution >= 4 is 22.9 Å². The zero-order valence-corrected chi connectivity index (χ0v) is 12.1. The summed E-state index contributed by atoms with van der Waals surface area (Å²) in [6, 6.07) is 2.70. The number of nitrogens with one attached hydrogen (secondary N) is 1. The lowest BCUT2D eigenvalue weighted by atomic mass is 9.93. The van der Waals surface area contributed by atoms with Crippen LogP contribution in [0.1, 0.15) is 50.3 Å². The lowest BCUT2D eigenvalue weighted by Gasteiger charge is -2.23. The second-order valence-electron chi connectivity index (χ2n) is 5.15. The Hall–Kier alpha value is -0.0500. The summed E-state index contributed by atoms with van der Waals surface area (Å²) in [5, 5.41) is 6.54. The summed E-state index contributed by atoms with van der Waals surface area (Å²) in [7, 11) is 0. The van der Waals surface area contributed by atoms with Gasteiger partial charge >= 0.3 is 0 Å². The summed E-state index contributed by atoms with van der Waals surface area (Å²) >= 11 is 7.68. The highest BCUT2D eigenvalue weighted by atomic mass is 35.5. The molecule has 1 N–H and O–H groups in total. The van der Waals surface area contributed by atoms with Crippen LogP contribution in [0.15, 0.2) is 11.4 Å². The highest BCUT2D eigenvalue weighted by Crippen LogP contribution is 2.26. The fourth-order valence-corrected chi connectivity index (χ4v) is 3.71. The van der Waals surface area contributed by atoms with Gasteiger partial charge in [-0.2, -0.15) is 0 Å². The van der Waals surface area contributed by atoms with Crippen molar-refractivity contribution in [1.29, 1.82) is 0 Å². The van der Waals surface area contributed by atoms with E-state index in [1.165, 1.54) is 43.4 Å². The molecule has 1 aliphatic rings. The van der Waals surface area contributed by atoms with Crippen molar-refractivity contribution in [2.75, 3.05) is 0 Å². The second-order valence-corrected chi connectivity index (χ2v) is 6.58. The lowest BCUT2D eigenvalue weighted by Crippen LogP contribution is -2.32. The van der Waals surface area contributed by atoms with E-state index >= 15 is 0 Å². The van der Waals surface area contributed by atoms with Crippen LogP contribution in [0.4, 0.5) is 0 Å². The van der Waals surface area contributed by atoms with Crippen molar-refractivity contribution in [3.05, 3.63) is 21.3 Å². The van der Waals surface area contributed by atoms with Crippen molar-refractivity contribution in [3.8, 4) is 0 Å². The molecule has 1 saturated carbocycles. The van der Waals surface area contributed by atoms with Crippen LogP contribution in [0.5, 0.6) is 0 Å². The van der Waals surface area contributed by atoms with E-state index < -0.39 is 0 Å². The third-order valence-corrected chi connectivity index (χ3v) is 5.11. The van der Waals surface area contributed by atoms with Gasteiger partial charge in [-0.3, -0.25) is 0 Å². The van der Waals surface area contributed by atoms with Crippen molar-refractivity contribution in [2.45, 2.75) is 58.0 Å². The van der Waals surface area contributed by atoms with Crippen LogP contribution in [-0.2, 0) is 6.54 Å². The minimum Gasteiger partial charge on any atom is -0.309 e. The fraction of sp³-hybridized carbons (Fsp3) is 0.714. The SMILES string of the molecule is C[C@H](NCc1cc(Cl)cs1)C1CCCCCC1. The molecule has 96 valence electrons. The Morgan fingerprint density at radius 1 is 1.35 bits per heavy atom. The molecule has 0 aliphatic heterocycles. The minimum atomic E-state index is 0.633. The largest absolute Gasteiger partial charge is 0.309 e. The maximum atomic E-state index is 5.93. The predicted molar refractivity (Wildman–Crippen MR) is 76.8 cm³/mol. The molecule has 3 heteroatoms. The van der Waals surface area contributed by atoms with Gasteiger partial charge in [-0.15, -0.1) is 11.3 Å². The Morgan fingerprint density at radius 3 is 2.65 bits per heavy atom. The van der Waals surface area contributed by atoms with Crippen LogP contribution in [0.25, 0.3) is 0 Å². The molecule has 1 heterocycles. The number of thiophene rings is 1. The molecule has 0 amide bonds. The Kier molecular flexibility index (Phi) is 5.33. The first-order valence-corrected chi connectivity index (χ1v) is 7.98. The van der Waals surface area contributed by atoms with E-state index in [0.717, 1.165) is 17.5 Å². The first kappa shape index (κ1) is 13.4. The van der Waals surface area contributed by atoms with Crippen LogP contribution in [0.2, 0.25) is 5.02 Å². The number of rotatable bonds is 4. The Labute approximate surface area is 114 Å². The van der Waals surface area contributed by atoms with E-state index in [1.807, 2.05) is 5.38 Å². The van der Waals surface area contributed by atoms with Gasteiger partial charge in [-0.1, -0.05) is 37.3 Å². The number of hydrogen-bond acceptors (Lipinski definition) is 2.